The zero-order valence-electron chi connectivity index (χ0n) is 36.8. The number of hydrogen-bond acceptors (Lipinski definition) is 8. The monoisotopic (exact) mass is 884 g/mol. The molecule has 0 N–H and O–H groups in total. The minimum Gasteiger partial charge on any atom is -0.489 e. The van der Waals surface area contributed by atoms with Crippen molar-refractivity contribution in [3.8, 4) is 17.2 Å². The molecule has 1 fully saturated rings. The van der Waals surface area contributed by atoms with Gasteiger partial charge in [-0.05, 0) is 76.1 Å². The van der Waals surface area contributed by atoms with Gasteiger partial charge in [0.1, 0.15) is 43.9 Å². The minimum atomic E-state index is -0.497. The summed E-state index contributed by atoms with van der Waals surface area (Å²) in [6.07, 6.45) is -0.655. The van der Waals surface area contributed by atoms with E-state index < -0.39 is 18.3 Å². The van der Waals surface area contributed by atoms with E-state index in [2.05, 4.69) is 153 Å². The van der Waals surface area contributed by atoms with Crippen LogP contribution in [0.1, 0.15) is 55.3 Å². The summed E-state index contributed by atoms with van der Waals surface area (Å²) < 4.78 is 47.0. The van der Waals surface area contributed by atoms with Gasteiger partial charge < -0.3 is 33.2 Å². The molecule has 0 bridgehead atoms. The largest absolute Gasteiger partial charge is 0.489 e. The highest BCUT2D eigenvalue weighted by atomic mass is 32.2. The number of hydrogen-bond donors (Lipinski definition) is 0. The van der Waals surface area contributed by atoms with Gasteiger partial charge in [-0.2, -0.15) is 0 Å². The fraction of sp³-hybridized carbons (Fsp3) is 0.263. The second-order valence-corrected chi connectivity index (χ2v) is 18.0. The van der Waals surface area contributed by atoms with Crippen LogP contribution in [0.4, 0.5) is 0 Å². The van der Waals surface area contributed by atoms with Crippen LogP contribution >= 0.6 is 11.8 Å². The minimum absolute atomic E-state index is 0.144. The fourth-order valence-electron chi connectivity index (χ4n) is 8.48. The number of fused-ring (bicyclic) bond motifs is 1. The average molecular weight is 885 g/mol. The fourth-order valence-corrected chi connectivity index (χ4v) is 10.1. The first-order valence-electron chi connectivity index (χ1n) is 22.6. The molecule has 0 aromatic heterocycles. The van der Waals surface area contributed by atoms with Crippen molar-refractivity contribution in [3.05, 3.63) is 232 Å². The van der Waals surface area contributed by atoms with E-state index in [1.165, 1.54) is 5.56 Å². The van der Waals surface area contributed by atoms with E-state index in [4.69, 9.17) is 33.2 Å². The van der Waals surface area contributed by atoms with Crippen LogP contribution in [0.25, 0.3) is 0 Å². The van der Waals surface area contributed by atoms with Gasteiger partial charge in [-0.3, -0.25) is 0 Å². The normalized spacial score (nSPS) is 19.1. The molecular weight excluding hydrogens is 829 g/mol. The summed E-state index contributed by atoms with van der Waals surface area (Å²) in [5, 5.41) is -0.388. The Bertz CT molecular complexity index is 2520. The number of benzene rings is 7. The molecule has 5 atom stereocenters. The second kappa shape index (κ2) is 22.4. The average Bonchev–Trinajstić information content (AvgIpc) is 3.36. The Labute approximate surface area is 387 Å². The van der Waals surface area contributed by atoms with E-state index in [0.29, 0.717) is 59.3 Å². The molecule has 0 radical (unpaired) electrons. The summed E-state index contributed by atoms with van der Waals surface area (Å²) >= 11 is 1.84. The van der Waals surface area contributed by atoms with Crippen LogP contribution in [0.15, 0.2) is 182 Å². The van der Waals surface area contributed by atoms with Crippen molar-refractivity contribution in [1.29, 1.82) is 0 Å². The summed E-state index contributed by atoms with van der Waals surface area (Å²) in [5.41, 5.74) is 9.96. The lowest BCUT2D eigenvalue weighted by Crippen LogP contribution is -2.54. The third-order valence-electron chi connectivity index (χ3n) is 11.9. The highest BCUT2D eigenvalue weighted by Crippen LogP contribution is 2.50. The summed E-state index contributed by atoms with van der Waals surface area (Å²) in [7, 11) is 0. The molecule has 2 aliphatic rings. The van der Waals surface area contributed by atoms with Gasteiger partial charge in [0, 0.05) is 5.56 Å². The third kappa shape index (κ3) is 11.9. The summed E-state index contributed by atoms with van der Waals surface area (Å²) in [6, 6.07) is 62.6. The Hall–Kier alpha value is -5.87. The molecule has 2 heterocycles. The number of aryl methyl sites for hydroxylation is 1. The predicted molar refractivity (Wildman–Crippen MR) is 257 cm³/mol. The molecule has 65 heavy (non-hydrogen) atoms. The van der Waals surface area contributed by atoms with Crippen LogP contribution in [0.2, 0.25) is 0 Å². The Morgan fingerprint density at radius 2 is 0.969 bits per heavy atom. The van der Waals surface area contributed by atoms with Crippen molar-refractivity contribution in [2.24, 2.45) is 0 Å². The van der Waals surface area contributed by atoms with E-state index in [9.17, 15) is 0 Å². The molecule has 2 aliphatic heterocycles. The lowest BCUT2D eigenvalue weighted by molar-refractivity contribution is -0.160. The molecule has 0 unspecified atom stereocenters. The topological polar surface area (TPSA) is 64.6 Å². The Morgan fingerprint density at radius 1 is 0.477 bits per heavy atom. The van der Waals surface area contributed by atoms with Crippen LogP contribution in [0, 0.1) is 6.92 Å². The lowest BCUT2D eigenvalue weighted by Gasteiger charge is -2.46. The van der Waals surface area contributed by atoms with Crippen LogP contribution in [-0.4, -0.2) is 43.4 Å². The molecule has 9 rings (SSSR count). The quantitative estimate of drug-likeness (QED) is 0.0796. The first kappa shape index (κ1) is 44.3. The SMILES string of the molecule is Cc1cc(OCc2ccccc2)c([C@@H]2S[C@H](COCc3ccccc3)[C@@H](OCc3ccccc3)[C@H](OCc3ccccc3)[C@H]2OCc2ccccc2)cc1Cc1ccc2c(c1)OCCO2. The standard InChI is InChI=1S/C57H56O7S/c1-41-31-51(61-36-43-19-9-3-10-20-43)49(34-48(41)32-47-27-28-50-52(33-47)60-30-29-59-50)57-56(64-39-46-25-15-6-16-26-46)55(63-38-45-23-13-5-14-24-45)54(62-37-44-21-11-4-12-22-44)53(65-57)40-58-35-42-17-7-2-8-18-42/h2-28,31,33-34,53-57H,29-30,32,35-40H2,1H3/t53-,54-,55+,56-,57+/m1/s1. The molecule has 0 spiro atoms. The van der Waals surface area contributed by atoms with Gasteiger partial charge in [-0.25, -0.2) is 0 Å². The molecule has 332 valence electrons. The van der Waals surface area contributed by atoms with E-state index in [-0.39, 0.29) is 10.5 Å². The van der Waals surface area contributed by atoms with Crippen LogP contribution < -0.4 is 14.2 Å². The summed E-state index contributed by atoms with van der Waals surface area (Å²) in [5.74, 6) is 2.38. The van der Waals surface area contributed by atoms with Crippen molar-refractivity contribution < 1.29 is 33.2 Å². The van der Waals surface area contributed by atoms with Crippen LogP contribution in [-0.2, 0) is 58.4 Å². The van der Waals surface area contributed by atoms with Gasteiger partial charge in [0.25, 0.3) is 0 Å². The van der Waals surface area contributed by atoms with Crippen LogP contribution in [0.3, 0.4) is 0 Å². The maximum Gasteiger partial charge on any atom is 0.161 e. The van der Waals surface area contributed by atoms with Crippen LogP contribution in [0.5, 0.6) is 17.2 Å². The number of rotatable bonds is 19. The Balaban J connectivity index is 1.14. The highest BCUT2D eigenvalue weighted by molar-refractivity contribution is 8.00. The summed E-state index contributed by atoms with van der Waals surface area (Å²) in [6.45, 7) is 5.79. The third-order valence-corrected chi connectivity index (χ3v) is 13.5. The Kier molecular flexibility index (Phi) is 15.2. The van der Waals surface area contributed by atoms with Crippen molar-refractivity contribution in [2.45, 2.75) is 75.2 Å². The van der Waals surface area contributed by atoms with Crippen molar-refractivity contribution in [3.63, 3.8) is 0 Å². The maximum absolute atomic E-state index is 7.26. The lowest BCUT2D eigenvalue weighted by atomic mass is 9.91. The first-order valence-corrected chi connectivity index (χ1v) is 23.5. The highest BCUT2D eigenvalue weighted by Gasteiger charge is 2.49. The molecule has 8 heteroatoms. The van der Waals surface area contributed by atoms with Gasteiger partial charge in [-0.1, -0.05) is 164 Å². The molecule has 0 saturated carbocycles. The zero-order chi connectivity index (χ0) is 44.0. The number of thioether (sulfide) groups is 1. The van der Waals surface area contributed by atoms with Gasteiger partial charge >= 0.3 is 0 Å². The molecule has 7 aromatic rings. The van der Waals surface area contributed by atoms with E-state index in [1.54, 1.807) is 0 Å². The van der Waals surface area contributed by atoms with Gasteiger partial charge in [-0.15, -0.1) is 11.8 Å². The smallest absolute Gasteiger partial charge is 0.161 e. The van der Waals surface area contributed by atoms with Gasteiger partial charge in [0.15, 0.2) is 11.5 Å². The maximum atomic E-state index is 7.26. The van der Waals surface area contributed by atoms with Crippen molar-refractivity contribution in [1.82, 2.24) is 0 Å². The molecule has 1 saturated heterocycles. The van der Waals surface area contributed by atoms with E-state index in [1.807, 2.05) is 48.2 Å². The zero-order valence-corrected chi connectivity index (χ0v) is 37.7. The van der Waals surface area contributed by atoms with Gasteiger partial charge in [0.05, 0.1) is 43.5 Å². The number of ether oxygens (including phenoxy) is 7. The molecule has 7 aromatic carbocycles. The molecule has 0 aliphatic carbocycles. The first-order chi connectivity index (χ1) is 32.1. The molecular formula is C57H56O7S. The molecule has 7 nitrogen and oxygen atoms in total. The molecule has 0 amide bonds. The van der Waals surface area contributed by atoms with Crippen molar-refractivity contribution >= 4 is 11.8 Å². The summed E-state index contributed by atoms with van der Waals surface area (Å²) in [4.78, 5) is 0. The predicted octanol–water partition coefficient (Wildman–Crippen LogP) is 12.1. The van der Waals surface area contributed by atoms with E-state index >= 15 is 0 Å². The van der Waals surface area contributed by atoms with Crippen molar-refractivity contribution in [2.75, 3.05) is 19.8 Å². The van der Waals surface area contributed by atoms with E-state index in [0.717, 1.165) is 61.8 Å². The second-order valence-electron chi connectivity index (χ2n) is 16.6. The van der Waals surface area contributed by atoms with Gasteiger partial charge in [0.2, 0.25) is 0 Å². The Morgan fingerprint density at radius 3 is 1.54 bits per heavy atom.